The molecule has 0 aliphatic heterocycles. The summed E-state index contributed by atoms with van der Waals surface area (Å²) >= 11 is 1.86. The number of fused-ring (bicyclic) bond motifs is 7. The molecule has 3 heterocycles. The molecule has 0 aliphatic carbocycles. The van der Waals surface area contributed by atoms with Crippen molar-refractivity contribution in [3.8, 4) is 33.6 Å². The van der Waals surface area contributed by atoms with E-state index in [4.69, 9.17) is 5.10 Å². The molecular formula is C38H23N3S. The third-order valence-electron chi connectivity index (χ3n) is 8.33. The maximum Gasteiger partial charge on any atom is 0.169 e. The Morgan fingerprint density at radius 2 is 1.17 bits per heavy atom. The van der Waals surface area contributed by atoms with Gasteiger partial charge in [-0.15, -0.1) is 21.5 Å². The topological polar surface area (TPSA) is 30.2 Å². The lowest BCUT2D eigenvalue weighted by Gasteiger charge is -2.11. The lowest BCUT2D eigenvalue weighted by Crippen LogP contribution is -1.94. The predicted octanol–water partition coefficient (Wildman–Crippen LogP) is 10.4. The Balaban J connectivity index is 1.19. The van der Waals surface area contributed by atoms with E-state index in [0.717, 1.165) is 28.0 Å². The summed E-state index contributed by atoms with van der Waals surface area (Å²) in [7, 11) is 0. The van der Waals surface area contributed by atoms with Gasteiger partial charge in [-0.05, 0) is 45.0 Å². The first-order valence-electron chi connectivity index (χ1n) is 14.1. The monoisotopic (exact) mass is 553 g/mol. The molecule has 0 aliphatic rings. The highest BCUT2D eigenvalue weighted by Crippen LogP contribution is 2.40. The molecule has 0 spiro atoms. The molecular weight excluding hydrogens is 531 g/mol. The van der Waals surface area contributed by atoms with Gasteiger partial charge in [0, 0.05) is 42.9 Å². The number of hydrogen-bond donors (Lipinski definition) is 0. The molecule has 0 N–H and O–H groups in total. The normalized spacial score (nSPS) is 11.8. The number of aromatic nitrogens is 3. The SMILES string of the molecule is c1ccc2cc(-c3cn4c(-c5ccc(-c6cccc7c6sc6ccccc67)cc5)nnc4c4ccccc34)ccc2c1. The van der Waals surface area contributed by atoms with E-state index in [2.05, 4.69) is 149 Å². The lowest BCUT2D eigenvalue weighted by molar-refractivity contribution is 1.11. The number of pyridine rings is 1. The van der Waals surface area contributed by atoms with Crippen LogP contribution in [0.2, 0.25) is 0 Å². The highest BCUT2D eigenvalue weighted by molar-refractivity contribution is 7.26. The molecule has 9 aromatic rings. The second-order valence-corrected chi connectivity index (χ2v) is 11.8. The summed E-state index contributed by atoms with van der Waals surface area (Å²) in [5.74, 6) is 0.837. The Morgan fingerprint density at radius 3 is 2.05 bits per heavy atom. The Kier molecular flexibility index (Phi) is 5.07. The summed E-state index contributed by atoms with van der Waals surface area (Å²) in [5, 5.41) is 16.7. The predicted molar refractivity (Wildman–Crippen MR) is 177 cm³/mol. The molecule has 0 amide bonds. The van der Waals surface area contributed by atoms with Crippen LogP contribution in [0.25, 0.3) is 81.0 Å². The van der Waals surface area contributed by atoms with Gasteiger partial charge >= 0.3 is 0 Å². The van der Waals surface area contributed by atoms with Gasteiger partial charge in [-0.1, -0.05) is 121 Å². The molecule has 42 heavy (non-hydrogen) atoms. The van der Waals surface area contributed by atoms with Crippen LogP contribution in [0, 0.1) is 0 Å². The maximum absolute atomic E-state index is 4.70. The molecule has 4 heteroatoms. The number of hydrogen-bond acceptors (Lipinski definition) is 3. The van der Waals surface area contributed by atoms with E-state index >= 15 is 0 Å². The van der Waals surface area contributed by atoms with Gasteiger partial charge in [-0.25, -0.2) is 0 Å². The van der Waals surface area contributed by atoms with E-state index in [1.165, 1.54) is 53.0 Å². The highest BCUT2D eigenvalue weighted by atomic mass is 32.1. The van der Waals surface area contributed by atoms with Gasteiger partial charge in [-0.2, -0.15) is 0 Å². The molecule has 0 fully saturated rings. The minimum absolute atomic E-state index is 0.837. The van der Waals surface area contributed by atoms with Gasteiger partial charge in [0.2, 0.25) is 0 Å². The minimum Gasteiger partial charge on any atom is -0.281 e. The Labute approximate surface area is 245 Å². The van der Waals surface area contributed by atoms with Crippen LogP contribution >= 0.6 is 11.3 Å². The first-order valence-corrected chi connectivity index (χ1v) is 14.9. The minimum atomic E-state index is 0.837. The average Bonchev–Trinajstić information content (AvgIpc) is 3.66. The number of nitrogens with zero attached hydrogens (tertiary/aromatic N) is 3. The Morgan fingerprint density at radius 1 is 0.476 bits per heavy atom. The van der Waals surface area contributed by atoms with Crippen molar-refractivity contribution in [2.24, 2.45) is 0 Å². The van der Waals surface area contributed by atoms with Crippen LogP contribution in [0.3, 0.4) is 0 Å². The average molecular weight is 554 g/mol. The Bertz CT molecular complexity index is 2470. The zero-order valence-electron chi connectivity index (χ0n) is 22.5. The summed E-state index contributed by atoms with van der Waals surface area (Å²) < 4.78 is 4.79. The van der Waals surface area contributed by atoms with Crippen LogP contribution in [0.15, 0.2) is 140 Å². The Hall–Kier alpha value is -5.32. The molecule has 6 aromatic carbocycles. The van der Waals surface area contributed by atoms with E-state index in [1.54, 1.807) is 0 Å². The fourth-order valence-corrected chi connectivity index (χ4v) is 7.50. The van der Waals surface area contributed by atoms with Gasteiger partial charge in [0.15, 0.2) is 11.5 Å². The van der Waals surface area contributed by atoms with E-state index in [0.29, 0.717) is 0 Å². The fourth-order valence-electron chi connectivity index (χ4n) is 6.27. The zero-order chi connectivity index (χ0) is 27.6. The molecule has 0 saturated carbocycles. The van der Waals surface area contributed by atoms with Gasteiger partial charge in [0.25, 0.3) is 0 Å². The molecule has 3 aromatic heterocycles. The smallest absolute Gasteiger partial charge is 0.169 e. The number of thiophene rings is 1. The van der Waals surface area contributed by atoms with E-state index in [-0.39, 0.29) is 0 Å². The lowest BCUT2D eigenvalue weighted by atomic mass is 9.98. The van der Waals surface area contributed by atoms with E-state index in [9.17, 15) is 0 Å². The van der Waals surface area contributed by atoms with Crippen molar-refractivity contribution in [1.82, 2.24) is 14.6 Å². The van der Waals surface area contributed by atoms with Crippen LogP contribution in [-0.4, -0.2) is 14.6 Å². The zero-order valence-corrected chi connectivity index (χ0v) is 23.3. The van der Waals surface area contributed by atoms with Crippen LogP contribution in [-0.2, 0) is 0 Å². The van der Waals surface area contributed by atoms with Crippen molar-refractivity contribution in [3.05, 3.63) is 140 Å². The second kappa shape index (κ2) is 9.10. The van der Waals surface area contributed by atoms with E-state index < -0.39 is 0 Å². The first-order chi connectivity index (χ1) is 20.8. The van der Waals surface area contributed by atoms with Gasteiger partial charge in [0.1, 0.15) is 0 Å². The molecule has 196 valence electrons. The summed E-state index contributed by atoms with van der Waals surface area (Å²) in [6.45, 7) is 0. The van der Waals surface area contributed by atoms with Crippen LogP contribution in [0.4, 0.5) is 0 Å². The molecule has 0 unspecified atom stereocenters. The summed E-state index contributed by atoms with van der Waals surface area (Å²) in [6, 6.07) is 47.7. The molecule has 9 rings (SSSR count). The largest absolute Gasteiger partial charge is 0.281 e. The summed E-state index contributed by atoms with van der Waals surface area (Å²) in [4.78, 5) is 0. The maximum atomic E-state index is 4.70. The fraction of sp³-hybridized carbons (Fsp3) is 0. The van der Waals surface area contributed by atoms with Gasteiger partial charge < -0.3 is 0 Å². The van der Waals surface area contributed by atoms with E-state index in [1.807, 2.05) is 11.3 Å². The quantitative estimate of drug-likeness (QED) is 0.218. The number of benzene rings is 6. The van der Waals surface area contributed by atoms with Crippen molar-refractivity contribution >= 4 is 58.7 Å². The third-order valence-corrected chi connectivity index (χ3v) is 9.55. The molecule has 0 bridgehead atoms. The third kappa shape index (κ3) is 3.52. The standard InChI is InChI=1S/C38H23N3S/c1-2-9-27-22-28(21-16-24(27)8-1)34-23-41-37(39-40-38(41)33-12-4-3-10-30(33)34)26-19-17-25(18-20-26)29-13-7-14-32-31-11-5-6-15-35(31)42-36(29)32/h1-23H. The first kappa shape index (κ1) is 23.4. The van der Waals surface area contributed by atoms with Crippen LogP contribution in [0.1, 0.15) is 0 Å². The van der Waals surface area contributed by atoms with Gasteiger partial charge in [-0.3, -0.25) is 4.40 Å². The van der Waals surface area contributed by atoms with Crippen LogP contribution < -0.4 is 0 Å². The van der Waals surface area contributed by atoms with Crippen molar-refractivity contribution < 1.29 is 0 Å². The highest BCUT2D eigenvalue weighted by Gasteiger charge is 2.16. The van der Waals surface area contributed by atoms with Crippen LogP contribution in [0.5, 0.6) is 0 Å². The molecule has 0 radical (unpaired) electrons. The van der Waals surface area contributed by atoms with Gasteiger partial charge in [0.05, 0.1) is 0 Å². The summed E-state index contributed by atoms with van der Waals surface area (Å²) in [6.07, 6.45) is 2.20. The van der Waals surface area contributed by atoms with Crippen molar-refractivity contribution in [2.75, 3.05) is 0 Å². The molecule has 0 atom stereocenters. The van der Waals surface area contributed by atoms with Crippen molar-refractivity contribution in [3.63, 3.8) is 0 Å². The second-order valence-electron chi connectivity index (χ2n) is 10.7. The van der Waals surface area contributed by atoms with Crippen molar-refractivity contribution in [2.45, 2.75) is 0 Å². The molecule has 0 saturated heterocycles. The molecule has 3 nitrogen and oxygen atoms in total. The summed E-state index contributed by atoms with van der Waals surface area (Å²) in [5.41, 5.74) is 6.71. The van der Waals surface area contributed by atoms with Crippen molar-refractivity contribution in [1.29, 1.82) is 0 Å². The number of rotatable bonds is 3.